The van der Waals surface area contributed by atoms with Crippen LogP contribution in [0.25, 0.3) is 0 Å². The summed E-state index contributed by atoms with van der Waals surface area (Å²) in [6.45, 7) is 1.86. The zero-order chi connectivity index (χ0) is 12.4. The van der Waals surface area contributed by atoms with E-state index < -0.39 is 0 Å². The first-order valence-corrected chi connectivity index (χ1v) is 6.38. The molecule has 0 aliphatic rings. The van der Waals surface area contributed by atoms with Crippen molar-refractivity contribution in [1.82, 2.24) is 4.98 Å². The Morgan fingerprint density at radius 1 is 1.35 bits per heavy atom. The Balaban J connectivity index is 2.31. The molecule has 0 saturated carbocycles. The van der Waals surface area contributed by atoms with Crippen LogP contribution in [0.1, 0.15) is 15.9 Å². The number of halogens is 2. The van der Waals surface area contributed by atoms with Gasteiger partial charge in [-0.25, -0.2) is 4.98 Å². The van der Waals surface area contributed by atoms with Crippen LogP contribution in [0.4, 0.5) is 5.13 Å². The second-order valence-corrected chi connectivity index (χ2v) is 5.10. The van der Waals surface area contributed by atoms with Crippen molar-refractivity contribution in [3.8, 4) is 0 Å². The lowest BCUT2D eigenvalue weighted by Gasteiger charge is -2.07. The molecule has 0 saturated heterocycles. The van der Waals surface area contributed by atoms with Crippen LogP contribution in [-0.4, -0.2) is 10.9 Å². The molecule has 0 aliphatic carbocycles. The van der Waals surface area contributed by atoms with Crippen LogP contribution in [0.3, 0.4) is 0 Å². The number of amides is 1. The molecule has 0 aliphatic heterocycles. The maximum Gasteiger partial charge on any atom is 0.260 e. The smallest absolute Gasteiger partial charge is 0.260 e. The van der Waals surface area contributed by atoms with Gasteiger partial charge in [0, 0.05) is 11.6 Å². The average Bonchev–Trinajstić information content (AvgIpc) is 2.68. The van der Waals surface area contributed by atoms with Crippen molar-refractivity contribution in [3.05, 3.63) is 44.9 Å². The summed E-state index contributed by atoms with van der Waals surface area (Å²) in [4.78, 5) is 15.9. The molecule has 6 heteroatoms. The van der Waals surface area contributed by atoms with Crippen molar-refractivity contribution in [2.45, 2.75) is 6.92 Å². The second kappa shape index (κ2) is 5.04. The van der Waals surface area contributed by atoms with Crippen molar-refractivity contribution >= 4 is 45.6 Å². The molecular formula is C11H8Cl2N2OS. The van der Waals surface area contributed by atoms with Gasteiger partial charge >= 0.3 is 0 Å². The summed E-state index contributed by atoms with van der Waals surface area (Å²) in [5.41, 5.74) is 1.18. The fourth-order valence-electron chi connectivity index (χ4n) is 1.36. The first-order valence-electron chi connectivity index (χ1n) is 4.74. The van der Waals surface area contributed by atoms with E-state index in [-0.39, 0.29) is 11.5 Å². The number of nitrogens with one attached hydrogen (secondary N) is 1. The molecule has 0 radical (unpaired) electrons. The zero-order valence-corrected chi connectivity index (χ0v) is 11.2. The third-order valence-electron chi connectivity index (χ3n) is 2.07. The maximum atomic E-state index is 12.0. The summed E-state index contributed by atoms with van der Waals surface area (Å²) in [5, 5.41) is 5.60. The molecule has 0 unspecified atom stereocenters. The molecule has 1 heterocycles. The van der Waals surface area contributed by atoms with Crippen LogP contribution in [0.5, 0.6) is 0 Å². The van der Waals surface area contributed by atoms with Gasteiger partial charge in [0.15, 0.2) is 5.13 Å². The minimum absolute atomic E-state index is 0.272. The quantitative estimate of drug-likeness (QED) is 0.906. The van der Waals surface area contributed by atoms with E-state index in [9.17, 15) is 4.79 Å². The lowest BCUT2D eigenvalue weighted by molar-refractivity contribution is 0.102. The number of hydrogen-bond donors (Lipinski definition) is 1. The molecular weight excluding hydrogens is 279 g/mol. The Labute approximate surface area is 112 Å². The highest BCUT2D eigenvalue weighted by Gasteiger charge is 2.16. The van der Waals surface area contributed by atoms with Crippen LogP contribution in [0.15, 0.2) is 23.7 Å². The molecule has 2 rings (SSSR count). The van der Waals surface area contributed by atoms with E-state index in [0.29, 0.717) is 15.2 Å². The fraction of sp³-hybridized carbons (Fsp3) is 0.0909. The van der Waals surface area contributed by atoms with Crippen LogP contribution in [-0.2, 0) is 0 Å². The van der Waals surface area contributed by atoms with Crippen molar-refractivity contribution in [3.63, 3.8) is 0 Å². The largest absolute Gasteiger partial charge is 0.298 e. The summed E-state index contributed by atoms with van der Waals surface area (Å²) in [6.07, 6.45) is 1.61. The van der Waals surface area contributed by atoms with Crippen molar-refractivity contribution < 1.29 is 4.79 Å². The number of benzene rings is 1. The van der Waals surface area contributed by atoms with E-state index in [0.717, 1.165) is 5.56 Å². The average molecular weight is 287 g/mol. The number of aromatic nitrogens is 1. The Morgan fingerprint density at radius 2 is 2.00 bits per heavy atom. The normalized spacial score (nSPS) is 10.3. The molecule has 1 aromatic heterocycles. The highest BCUT2D eigenvalue weighted by Crippen LogP contribution is 2.27. The molecule has 17 heavy (non-hydrogen) atoms. The summed E-state index contributed by atoms with van der Waals surface area (Å²) in [6, 6.07) is 3.40. The highest BCUT2D eigenvalue weighted by molar-refractivity contribution is 7.13. The molecule has 1 amide bonds. The van der Waals surface area contributed by atoms with E-state index in [1.54, 1.807) is 23.7 Å². The first-order chi connectivity index (χ1) is 8.08. The zero-order valence-electron chi connectivity index (χ0n) is 8.83. The van der Waals surface area contributed by atoms with Gasteiger partial charge in [-0.2, -0.15) is 0 Å². The Morgan fingerprint density at radius 3 is 2.53 bits per heavy atom. The molecule has 1 aromatic carbocycles. The molecule has 0 spiro atoms. The molecule has 2 aromatic rings. The van der Waals surface area contributed by atoms with Crippen LogP contribution in [0, 0.1) is 6.92 Å². The molecule has 0 bridgehead atoms. The molecule has 0 fully saturated rings. The monoisotopic (exact) mass is 286 g/mol. The van der Waals surface area contributed by atoms with Crippen LogP contribution in [0.2, 0.25) is 10.0 Å². The lowest BCUT2D eigenvalue weighted by Crippen LogP contribution is -2.13. The minimum atomic E-state index is -0.352. The van der Waals surface area contributed by atoms with Gasteiger partial charge in [-0.15, -0.1) is 11.3 Å². The van der Waals surface area contributed by atoms with Crippen molar-refractivity contribution in [2.75, 3.05) is 5.32 Å². The number of aryl methyl sites for hydroxylation is 1. The maximum absolute atomic E-state index is 12.0. The highest BCUT2D eigenvalue weighted by atomic mass is 35.5. The van der Waals surface area contributed by atoms with Crippen molar-refractivity contribution in [1.29, 1.82) is 0 Å². The Bertz CT molecular complexity index is 532. The summed E-state index contributed by atoms with van der Waals surface area (Å²) < 4.78 is 0. The standard InChI is InChI=1S/C11H8Cl2N2OS/c1-6-4-7(12)9(8(13)5-6)10(16)15-11-14-2-3-17-11/h2-5H,1H3,(H,14,15,16). The van der Waals surface area contributed by atoms with E-state index in [1.165, 1.54) is 11.3 Å². The van der Waals surface area contributed by atoms with Gasteiger partial charge in [-0.3, -0.25) is 10.1 Å². The number of nitrogens with zero attached hydrogens (tertiary/aromatic N) is 1. The summed E-state index contributed by atoms with van der Waals surface area (Å²) in [5.74, 6) is -0.352. The van der Waals surface area contributed by atoms with Crippen LogP contribution < -0.4 is 5.32 Å². The third kappa shape index (κ3) is 2.77. The van der Waals surface area contributed by atoms with Gasteiger partial charge < -0.3 is 0 Å². The van der Waals surface area contributed by atoms with E-state index >= 15 is 0 Å². The van der Waals surface area contributed by atoms with E-state index in [1.807, 2.05) is 6.92 Å². The number of hydrogen-bond acceptors (Lipinski definition) is 3. The Kier molecular flexibility index (Phi) is 3.66. The summed E-state index contributed by atoms with van der Waals surface area (Å²) in [7, 11) is 0. The van der Waals surface area contributed by atoms with E-state index in [2.05, 4.69) is 10.3 Å². The molecule has 3 nitrogen and oxygen atoms in total. The number of thiazole rings is 1. The van der Waals surface area contributed by atoms with Gasteiger partial charge in [0.1, 0.15) is 0 Å². The lowest BCUT2D eigenvalue weighted by atomic mass is 10.1. The van der Waals surface area contributed by atoms with Crippen molar-refractivity contribution in [2.24, 2.45) is 0 Å². The summed E-state index contributed by atoms with van der Waals surface area (Å²) >= 11 is 13.3. The van der Waals surface area contributed by atoms with Gasteiger partial charge in [0.25, 0.3) is 5.91 Å². The van der Waals surface area contributed by atoms with E-state index in [4.69, 9.17) is 23.2 Å². The number of rotatable bonds is 2. The predicted octanol–water partition coefficient (Wildman–Crippen LogP) is 4.01. The fourth-order valence-corrected chi connectivity index (χ4v) is 2.65. The second-order valence-electron chi connectivity index (χ2n) is 3.39. The van der Waals surface area contributed by atoms with Gasteiger partial charge in [-0.1, -0.05) is 23.2 Å². The SMILES string of the molecule is Cc1cc(Cl)c(C(=O)Nc2nccs2)c(Cl)c1. The molecule has 88 valence electrons. The van der Waals surface area contributed by atoms with Crippen LogP contribution >= 0.6 is 34.5 Å². The van der Waals surface area contributed by atoms with Gasteiger partial charge in [-0.05, 0) is 24.6 Å². The number of anilines is 1. The van der Waals surface area contributed by atoms with Gasteiger partial charge in [0.05, 0.1) is 15.6 Å². The predicted molar refractivity (Wildman–Crippen MR) is 71.3 cm³/mol. The topological polar surface area (TPSA) is 42.0 Å². The first kappa shape index (κ1) is 12.4. The molecule has 1 N–H and O–H groups in total. The third-order valence-corrected chi connectivity index (χ3v) is 3.35. The minimum Gasteiger partial charge on any atom is -0.298 e. The van der Waals surface area contributed by atoms with Gasteiger partial charge in [0.2, 0.25) is 0 Å². The number of carbonyl (C=O) groups excluding carboxylic acids is 1. The Hall–Kier alpha value is -1.10. The molecule has 0 atom stereocenters. The number of carbonyl (C=O) groups is 1.